The van der Waals surface area contributed by atoms with Crippen molar-refractivity contribution in [3.05, 3.63) is 71.9 Å². The van der Waals surface area contributed by atoms with E-state index < -0.39 is 0 Å². The van der Waals surface area contributed by atoms with Gasteiger partial charge < -0.3 is 9.88 Å². The van der Waals surface area contributed by atoms with Crippen LogP contribution < -0.4 is 5.32 Å². The predicted molar refractivity (Wildman–Crippen MR) is 95.0 cm³/mol. The van der Waals surface area contributed by atoms with Crippen LogP contribution in [0.5, 0.6) is 0 Å². The molecule has 5 heteroatoms. The van der Waals surface area contributed by atoms with Crippen molar-refractivity contribution < 1.29 is 9.18 Å². The minimum absolute atomic E-state index is 0.267. The van der Waals surface area contributed by atoms with Crippen LogP contribution >= 0.6 is 0 Å². The van der Waals surface area contributed by atoms with Crippen molar-refractivity contribution in [1.29, 1.82) is 0 Å². The van der Waals surface area contributed by atoms with Crippen molar-refractivity contribution >= 4 is 11.6 Å². The Morgan fingerprint density at radius 1 is 1.08 bits per heavy atom. The number of aryl methyl sites for hydroxylation is 2. The van der Waals surface area contributed by atoms with Crippen LogP contribution in [0.3, 0.4) is 0 Å². The Bertz CT molecular complexity index is 891. The van der Waals surface area contributed by atoms with Gasteiger partial charge in [0.2, 0.25) is 0 Å². The lowest BCUT2D eigenvalue weighted by molar-refractivity contribution is 0.102. The van der Waals surface area contributed by atoms with Gasteiger partial charge >= 0.3 is 0 Å². The van der Waals surface area contributed by atoms with Crippen LogP contribution in [0.1, 0.15) is 29.0 Å². The number of para-hydroxylation sites is 1. The van der Waals surface area contributed by atoms with E-state index in [-0.39, 0.29) is 11.7 Å². The van der Waals surface area contributed by atoms with Gasteiger partial charge in [0.15, 0.2) is 0 Å². The molecule has 2 aromatic carbocycles. The Balaban J connectivity index is 1.64. The number of fused-ring (bicyclic) bond motifs is 1. The van der Waals surface area contributed by atoms with Crippen LogP contribution in [-0.4, -0.2) is 15.5 Å². The summed E-state index contributed by atoms with van der Waals surface area (Å²) in [4.78, 5) is 17.2. The largest absolute Gasteiger partial charge is 0.334 e. The molecule has 0 atom stereocenters. The van der Waals surface area contributed by atoms with E-state index in [9.17, 15) is 9.18 Å². The number of rotatable bonds is 3. The molecule has 1 aliphatic heterocycles. The molecule has 0 unspecified atom stereocenters. The molecular weight excluding hydrogens is 317 g/mol. The molecule has 0 saturated carbocycles. The molecule has 1 N–H and O–H groups in total. The second-order valence-corrected chi connectivity index (χ2v) is 6.20. The van der Waals surface area contributed by atoms with Gasteiger partial charge in [0, 0.05) is 30.3 Å². The van der Waals surface area contributed by atoms with Gasteiger partial charge in [0.25, 0.3) is 5.91 Å². The number of hydrogen-bond donors (Lipinski definition) is 1. The fraction of sp³-hybridized carbons (Fsp3) is 0.200. The Kier molecular flexibility index (Phi) is 4.06. The van der Waals surface area contributed by atoms with Crippen LogP contribution in [0.25, 0.3) is 11.3 Å². The van der Waals surface area contributed by atoms with Gasteiger partial charge in [-0.2, -0.15) is 0 Å². The summed E-state index contributed by atoms with van der Waals surface area (Å²) in [6.45, 7) is 0.992. The summed E-state index contributed by atoms with van der Waals surface area (Å²) in [7, 11) is 0. The number of benzene rings is 2. The van der Waals surface area contributed by atoms with Crippen molar-refractivity contribution in [2.75, 3.05) is 5.32 Å². The Morgan fingerprint density at radius 2 is 1.88 bits per heavy atom. The predicted octanol–water partition coefficient (Wildman–Crippen LogP) is 4.28. The second-order valence-electron chi connectivity index (χ2n) is 6.20. The Labute approximate surface area is 145 Å². The average Bonchev–Trinajstić information content (AvgIpc) is 3.06. The van der Waals surface area contributed by atoms with E-state index >= 15 is 0 Å². The number of imidazole rings is 1. The van der Waals surface area contributed by atoms with Gasteiger partial charge in [-0.15, -0.1) is 0 Å². The average molecular weight is 335 g/mol. The van der Waals surface area contributed by atoms with E-state index in [1.807, 2.05) is 24.3 Å². The highest BCUT2D eigenvalue weighted by Crippen LogP contribution is 2.29. The number of anilines is 1. The maximum atomic E-state index is 13.0. The van der Waals surface area contributed by atoms with Crippen molar-refractivity contribution in [1.82, 2.24) is 9.55 Å². The number of aromatic nitrogens is 2. The summed E-state index contributed by atoms with van der Waals surface area (Å²) >= 11 is 0. The van der Waals surface area contributed by atoms with E-state index in [4.69, 9.17) is 4.98 Å². The number of amides is 1. The zero-order chi connectivity index (χ0) is 17.2. The first-order chi connectivity index (χ1) is 12.2. The first kappa shape index (κ1) is 15.6. The van der Waals surface area contributed by atoms with Crippen molar-refractivity contribution in [2.24, 2.45) is 0 Å². The summed E-state index contributed by atoms with van der Waals surface area (Å²) in [5.41, 5.74) is 2.87. The minimum atomic E-state index is -0.361. The SMILES string of the molecule is O=C(Nc1ccccc1-c1cn2c(n1)CCCC2)c1ccc(F)cc1. The highest BCUT2D eigenvalue weighted by Gasteiger charge is 2.16. The zero-order valence-corrected chi connectivity index (χ0v) is 13.7. The van der Waals surface area contributed by atoms with Gasteiger partial charge in [-0.1, -0.05) is 18.2 Å². The zero-order valence-electron chi connectivity index (χ0n) is 13.7. The molecule has 0 bridgehead atoms. The molecule has 0 radical (unpaired) electrons. The molecule has 126 valence electrons. The molecule has 0 spiro atoms. The van der Waals surface area contributed by atoms with E-state index in [0.717, 1.165) is 30.0 Å². The van der Waals surface area contributed by atoms with Crippen LogP contribution in [0.4, 0.5) is 10.1 Å². The maximum absolute atomic E-state index is 13.0. The summed E-state index contributed by atoms with van der Waals surface area (Å²) in [5, 5.41) is 2.91. The molecule has 4 nitrogen and oxygen atoms in total. The number of hydrogen-bond acceptors (Lipinski definition) is 2. The van der Waals surface area contributed by atoms with Crippen LogP contribution in [0, 0.1) is 5.82 Å². The van der Waals surface area contributed by atoms with Crippen molar-refractivity contribution in [2.45, 2.75) is 25.8 Å². The molecular formula is C20H18FN3O. The first-order valence-electron chi connectivity index (χ1n) is 8.43. The fourth-order valence-electron chi connectivity index (χ4n) is 3.15. The molecule has 25 heavy (non-hydrogen) atoms. The number of carbonyl (C=O) groups excluding carboxylic acids is 1. The van der Waals surface area contributed by atoms with E-state index in [0.29, 0.717) is 11.3 Å². The van der Waals surface area contributed by atoms with Crippen molar-refractivity contribution in [3.63, 3.8) is 0 Å². The van der Waals surface area contributed by atoms with E-state index in [2.05, 4.69) is 16.1 Å². The van der Waals surface area contributed by atoms with Gasteiger partial charge in [-0.3, -0.25) is 4.79 Å². The number of nitrogens with one attached hydrogen (secondary N) is 1. The van der Waals surface area contributed by atoms with E-state index in [1.54, 1.807) is 0 Å². The molecule has 3 aromatic rings. The lowest BCUT2D eigenvalue weighted by atomic mass is 10.1. The smallest absolute Gasteiger partial charge is 0.255 e. The Morgan fingerprint density at radius 3 is 2.68 bits per heavy atom. The number of nitrogens with zero attached hydrogens (tertiary/aromatic N) is 2. The van der Waals surface area contributed by atoms with Crippen LogP contribution in [0.2, 0.25) is 0 Å². The number of carbonyl (C=O) groups is 1. The third kappa shape index (κ3) is 3.18. The summed E-state index contributed by atoms with van der Waals surface area (Å²) in [6.07, 6.45) is 5.38. The highest BCUT2D eigenvalue weighted by atomic mass is 19.1. The van der Waals surface area contributed by atoms with Gasteiger partial charge in [-0.05, 0) is 43.2 Å². The van der Waals surface area contributed by atoms with Crippen LogP contribution in [-0.2, 0) is 13.0 Å². The molecule has 1 aliphatic rings. The normalized spacial score (nSPS) is 13.3. The van der Waals surface area contributed by atoms with Crippen molar-refractivity contribution in [3.8, 4) is 11.3 Å². The quantitative estimate of drug-likeness (QED) is 0.777. The lowest BCUT2D eigenvalue weighted by Crippen LogP contribution is -2.12. The molecule has 1 aromatic heterocycles. The molecule has 1 amide bonds. The van der Waals surface area contributed by atoms with Crippen LogP contribution in [0.15, 0.2) is 54.7 Å². The van der Waals surface area contributed by atoms with Gasteiger partial charge in [0.1, 0.15) is 11.6 Å². The van der Waals surface area contributed by atoms with E-state index in [1.165, 1.54) is 37.1 Å². The molecule has 0 fully saturated rings. The summed E-state index contributed by atoms with van der Waals surface area (Å²) < 4.78 is 15.2. The molecule has 4 rings (SSSR count). The minimum Gasteiger partial charge on any atom is -0.334 e. The summed E-state index contributed by atoms with van der Waals surface area (Å²) in [6, 6.07) is 13.1. The summed E-state index contributed by atoms with van der Waals surface area (Å²) in [5.74, 6) is 0.470. The Hall–Kier alpha value is -2.95. The lowest BCUT2D eigenvalue weighted by Gasteiger charge is -2.11. The topological polar surface area (TPSA) is 46.9 Å². The third-order valence-corrected chi connectivity index (χ3v) is 4.47. The maximum Gasteiger partial charge on any atom is 0.255 e. The molecule has 0 aliphatic carbocycles. The molecule has 0 saturated heterocycles. The monoisotopic (exact) mass is 335 g/mol. The van der Waals surface area contributed by atoms with Gasteiger partial charge in [0.05, 0.1) is 11.4 Å². The number of halogens is 1. The third-order valence-electron chi connectivity index (χ3n) is 4.47. The highest BCUT2D eigenvalue weighted by molar-refractivity contribution is 6.06. The second kappa shape index (κ2) is 6.51. The van der Waals surface area contributed by atoms with Gasteiger partial charge in [-0.25, -0.2) is 9.37 Å². The molecule has 2 heterocycles. The standard InChI is InChI=1S/C20H18FN3O/c21-15-10-8-14(9-11-15)20(25)23-17-6-2-1-5-16(17)18-13-24-12-4-3-7-19(24)22-18/h1-2,5-6,8-11,13H,3-4,7,12H2,(H,23,25). The fourth-order valence-corrected chi connectivity index (χ4v) is 3.15. The first-order valence-corrected chi connectivity index (χ1v) is 8.43.